The van der Waals surface area contributed by atoms with E-state index >= 15 is 0 Å². The van der Waals surface area contributed by atoms with Crippen LogP contribution in [0.15, 0.2) is 57.3 Å². The van der Waals surface area contributed by atoms with Gasteiger partial charge in [0.05, 0.1) is 4.88 Å². The smallest absolute Gasteiger partial charge is 0.351 e. The number of sulfonamides is 1. The summed E-state index contributed by atoms with van der Waals surface area (Å²) >= 11 is 0.824. The molecule has 0 amide bonds. The predicted molar refractivity (Wildman–Crippen MR) is 94.9 cm³/mol. The van der Waals surface area contributed by atoms with Crippen LogP contribution in [0, 0.1) is 0 Å². The Morgan fingerprint density at radius 1 is 1.19 bits per heavy atom. The summed E-state index contributed by atoms with van der Waals surface area (Å²) in [6.07, 6.45) is -4.65. The first-order valence-corrected chi connectivity index (χ1v) is 10.2. The second kappa shape index (κ2) is 7.45. The van der Waals surface area contributed by atoms with Crippen LogP contribution in [0.3, 0.4) is 0 Å². The number of aromatic nitrogens is 1. The quantitative estimate of drug-likeness (QED) is 0.642. The van der Waals surface area contributed by atoms with Crippen LogP contribution < -0.4 is 4.72 Å². The summed E-state index contributed by atoms with van der Waals surface area (Å²) in [6, 6.07) is 12.9. The highest BCUT2D eigenvalue weighted by atomic mass is 32.2. The molecule has 1 atom stereocenters. The number of alkyl halides is 3. The molecule has 0 aliphatic heterocycles. The van der Waals surface area contributed by atoms with Gasteiger partial charge in [-0.1, -0.05) is 42.4 Å². The molecule has 0 unspecified atom stereocenters. The van der Waals surface area contributed by atoms with Crippen molar-refractivity contribution >= 4 is 21.4 Å². The maximum absolute atomic E-state index is 12.6. The van der Waals surface area contributed by atoms with E-state index in [1.807, 2.05) is 37.3 Å². The number of rotatable bonds is 6. The van der Waals surface area contributed by atoms with E-state index in [1.54, 1.807) is 0 Å². The highest BCUT2D eigenvalue weighted by Crippen LogP contribution is 2.35. The van der Waals surface area contributed by atoms with Crippen molar-refractivity contribution in [3.05, 3.63) is 59.9 Å². The standard InChI is InChI=1S/C17H15F3N2O3S2/c1-11(12-5-3-2-4-6-12)10-21-27(23,24)16-8-7-14(26-16)13-9-15(25-22-13)17(18,19)20/h2-9,11,21H,10H2,1H3/t11-/m0/s1. The summed E-state index contributed by atoms with van der Waals surface area (Å²) in [7, 11) is -3.78. The number of nitrogens with one attached hydrogen (secondary N) is 1. The first kappa shape index (κ1) is 19.6. The number of thiophene rings is 1. The lowest BCUT2D eigenvalue weighted by molar-refractivity contribution is -0.155. The van der Waals surface area contributed by atoms with Crippen molar-refractivity contribution in [1.29, 1.82) is 0 Å². The van der Waals surface area contributed by atoms with Crippen LogP contribution in [0.25, 0.3) is 10.6 Å². The Hall–Kier alpha value is -2.17. The predicted octanol–water partition coefficient (Wildman–Crippen LogP) is 4.50. The van der Waals surface area contributed by atoms with Crippen LogP contribution in [0.5, 0.6) is 0 Å². The highest BCUT2D eigenvalue weighted by Gasteiger charge is 2.36. The van der Waals surface area contributed by atoms with Crippen LogP contribution in [0.2, 0.25) is 0 Å². The van der Waals surface area contributed by atoms with E-state index < -0.39 is 22.0 Å². The third-order valence-electron chi connectivity index (χ3n) is 3.84. The molecule has 0 fully saturated rings. The molecule has 0 spiro atoms. The molecule has 2 aromatic heterocycles. The van der Waals surface area contributed by atoms with Gasteiger partial charge in [0.25, 0.3) is 0 Å². The molecule has 3 aromatic rings. The summed E-state index contributed by atoms with van der Waals surface area (Å²) in [5.41, 5.74) is 0.931. The minimum atomic E-state index is -4.65. The van der Waals surface area contributed by atoms with Gasteiger partial charge in [0.15, 0.2) is 0 Å². The molecule has 1 aromatic carbocycles. The molecule has 5 nitrogen and oxygen atoms in total. The molecule has 2 heterocycles. The lowest BCUT2D eigenvalue weighted by atomic mass is 10.0. The van der Waals surface area contributed by atoms with E-state index in [0.29, 0.717) is 0 Å². The maximum Gasteiger partial charge on any atom is 0.452 e. The zero-order valence-electron chi connectivity index (χ0n) is 14.0. The third kappa shape index (κ3) is 4.57. The van der Waals surface area contributed by atoms with Gasteiger partial charge in [-0.15, -0.1) is 11.3 Å². The fourth-order valence-corrected chi connectivity index (χ4v) is 4.77. The SMILES string of the molecule is C[C@@H](CNS(=O)(=O)c1ccc(-c2cc(C(F)(F)F)on2)s1)c1ccccc1. The molecule has 3 rings (SSSR count). The molecule has 0 aliphatic rings. The first-order valence-electron chi connectivity index (χ1n) is 7.85. The van der Waals surface area contributed by atoms with Crippen molar-refractivity contribution < 1.29 is 26.1 Å². The summed E-state index contributed by atoms with van der Waals surface area (Å²) in [4.78, 5) is 0.269. The van der Waals surface area contributed by atoms with Crippen LogP contribution in [0.1, 0.15) is 24.2 Å². The highest BCUT2D eigenvalue weighted by molar-refractivity contribution is 7.91. The zero-order valence-corrected chi connectivity index (χ0v) is 15.7. The molecule has 27 heavy (non-hydrogen) atoms. The van der Waals surface area contributed by atoms with Gasteiger partial charge in [-0.25, -0.2) is 13.1 Å². The van der Waals surface area contributed by atoms with E-state index in [4.69, 9.17) is 0 Å². The minimum absolute atomic E-state index is 0.00526. The van der Waals surface area contributed by atoms with E-state index in [-0.39, 0.29) is 27.2 Å². The number of hydrogen-bond donors (Lipinski definition) is 1. The monoisotopic (exact) mass is 416 g/mol. The lowest BCUT2D eigenvalue weighted by Gasteiger charge is -2.12. The first-order chi connectivity index (χ1) is 12.7. The number of benzene rings is 1. The molecule has 1 N–H and O–H groups in total. The topological polar surface area (TPSA) is 72.2 Å². The molecule has 0 saturated carbocycles. The maximum atomic E-state index is 12.6. The second-order valence-electron chi connectivity index (χ2n) is 5.86. The average molecular weight is 416 g/mol. The van der Waals surface area contributed by atoms with E-state index in [1.165, 1.54) is 12.1 Å². The van der Waals surface area contributed by atoms with Gasteiger partial charge >= 0.3 is 6.18 Å². The molecule has 0 bridgehead atoms. The van der Waals surface area contributed by atoms with Crippen LogP contribution >= 0.6 is 11.3 Å². The van der Waals surface area contributed by atoms with E-state index in [0.717, 1.165) is 23.0 Å². The zero-order chi connectivity index (χ0) is 19.7. The Morgan fingerprint density at radius 3 is 2.52 bits per heavy atom. The Bertz CT molecular complexity index is 1010. The van der Waals surface area contributed by atoms with Gasteiger partial charge in [0.1, 0.15) is 9.90 Å². The number of halogens is 3. The van der Waals surface area contributed by atoms with Gasteiger partial charge in [-0.3, -0.25) is 0 Å². The van der Waals surface area contributed by atoms with E-state index in [9.17, 15) is 21.6 Å². The minimum Gasteiger partial charge on any atom is -0.351 e. The lowest BCUT2D eigenvalue weighted by Crippen LogP contribution is -2.27. The molecule has 10 heteroatoms. The largest absolute Gasteiger partial charge is 0.452 e. The van der Waals surface area contributed by atoms with Crippen molar-refractivity contribution in [3.63, 3.8) is 0 Å². The molecule has 0 radical (unpaired) electrons. The van der Waals surface area contributed by atoms with Crippen molar-refractivity contribution in [2.45, 2.75) is 23.2 Å². The van der Waals surface area contributed by atoms with Gasteiger partial charge < -0.3 is 4.52 Å². The van der Waals surface area contributed by atoms with Crippen molar-refractivity contribution in [3.8, 4) is 10.6 Å². The number of hydrogen-bond acceptors (Lipinski definition) is 5. The average Bonchev–Trinajstić information content (AvgIpc) is 3.29. The Morgan fingerprint density at radius 2 is 1.89 bits per heavy atom. The molecule has 144 valence electrons. The summed E-state index contributed by atoms with van der Waals surface area (Å²) in [5.74, 6) is -1.27. The molecule has 0 aliphatic carbocycles. The molecule has 0 saturated heterocycles. The van der Waals surface area contributed by atoms with Gasteiger partial charge in [0.2, 0.25) is 15.8 Å². The van der Waals surface area contributed by atoms with Crippen molar-refractivity contribution in [1.82, 2.24) is 9.88 Å². The molecular formula is C17H15F3N2O3S2. The van der Waals surface area contributed by atoms with Crippen LogP contribution in [-0.4, -0.2) is 20.1 Å². The van der Waals surface area contributed by atoms with Crippen molar-refractivity contribution in [2.75, 3.05) is 6.54 Å². The van der Waals surface area contributed by atoms with Crippen LogP contribution in [-0.2, 0) is 16.2 Å². The Kier molecular flexibility index (Phi) is 5.41. The Labute approximate surface area is 157 Å². The van der Waals surface area contributed by atoms with Gasteiger partial charge in [-0.2, -0.15) is 13.2 Å². The summed E-state index contributed by atoms with van der Waals surface area (Å²) in [5, 5.41) is 3.36. The van der Waals surface area contributed by atoms with Gasteiger partial charge in [0, 0.05) is 12.6 Å². The number of nitrogens with zero attached hydrogens (tertiary/aromatic N) is 1. The van der Waals surface area contributed by atoms with E-state index in [2.05, 4.69) is 14.4 Å². The Balaban J connectivity index is 1.72. The summed E-state index contributed by atoms with van der Waals surface area (Å²) < 4.78 is 69.5. The molecular weight excluding hydrogens is 401 g/mol. The third-order valence-corrected chi connectivity index (χ3v) is 6.86. The second-order valence-corrected chi connectivity index (χ2v) is 8.93. The van der Waals surface area contributed by atoms with Crippen LogP contribution in [0.4, 0.5) is 13.2 Å². The fourth-order valence-electron chi connectivity index (χ4n) is 2.33. The van der Waals surface area contributed by atoms with Crippen molar-refractivity contribution in [2.24, 2.45) is 0 Å². The summed E-state index contributed by atoms with van der Waals surface area (Å²) in [6.45, 7) is 2.09. The van der Waals surface area contributed by atoms with Gasteiger partial charge in [-0.05, 0) is 23.6 Å². The fraction of sp³-hybridized carbons (Fsp3) is 0.235. The normalized spacial score (nSPS) is 13.6.